The number of carbonyl (C=O) groups excluding carboxylic acids is 1. The Labute approximate surface area is 97.7 Å². The highest BCUT2D eigenvalue weighted by molar-refractivity contribution is 5.78. The highest BCUT2D eigenvalue weighted by atomic mass is 16.2. The van der Waals surface area contributed by atoms with Crippen molar-refractivity contribution < 1.29 is 4.79 Å². The van der Waals surface area contributed by atoms with E-state index in [1.54, 1.807) is 0 Å². The van der Waals surface area contributed by atoms with Crippen LogP contribution in [0.1, 0.15) is 52.4 Å². The van der Waals surface area contributed by atoms with Crippen LogP contribution in [0.15, 0.2) is 11.3 Å². The normalized spacial score (nSPS) is 27.6. The molecule has 2 aliphatic rings. The third-order valence-corrected chi connectivity index (χ3v) is 3.95. The Balaban J connectivity index is 2.16. The molecule has 1 saturated carbocycles. The van der Waals surface area contributed by atoms with E-state index in [0.717, 1.165) is 12.1 Å². The van der Waals surface area contributed by atoms with Crippen molar-refractivity contribution in [1.29, 1.82) is 0 Å². The second kappa shape index (κ2) is 4.89. The first-order valence-corrected chi connectivity index (χ1v) is 6.49. The van der Waals surface area contributed by atoms with Crippen molar-refractivity contribution in [2.45, 2.75) is 58.4 Å². The third kappa shape index (κ3) is 2.23. The molecular formula is C13H22N2O. The van der Waals surface area contributed by atoms with Crippen molar-refractivity contribution in [1.82, 2.24) is 10.6 Å². The summed E-state index contributed by atoms with van der Waals surface area (Å²) in [5.74, 6) is 0.657. The molecule has 0 saturated heterocycles. The quantitative estimate of drug-likeness (QED) is 0.741. The van der Waals surface area contributed by atoms with E-state index in [2.05, 4.69) is 17.6 Å². The van der Waals surface area contributed by atoms with Gasteiger partial charge in [-0.1, -0.05) is 26.2 Å². The average molecular weight is 222 g/mol. The van der Waals surface area contributed by atoms with Gasteiger partial charge in [0.25, 0.3) is 0 Å². The van der Waals surface area contributed by atoms with Gasteiger partial charge in [-0.2, -0.15) is 0 Å². The molecule has 1 atom stereocenters. The Kier molecular flexibility index (Phi) is 3.52. The minimum atomic E-state index is -0.0229. The Bertz CT molecular complexity index is 303. The number of rotatable bonds is 2. The monoisotopic (exact) mass is 222 g/mol. The maximum Gasteiger partial charge on any atom is 0.319 e. The first-order valence-electron chi connectivity index (χ1n) is 6.49. The summed E-state index contributed by atoms with van der Waals surface area (Å²) >= 11 is 0. The zero-order valence-electron chi connectivity index (χ0n) is 10.3. The van der Waals surface area contributed by atoms with Gasteiger partial charge in [0.05, 0.1) is 6.04 Å². The van der Waals surface area contributed by atoms with Crippen LogP contribution in [0.2, 0.25) is 0 Å². The maximum absolute atomic E-state index is 11.5. The highest BCUT2D eigenvalue weighted by Crippen LogP contribution is 2.32. The summed E-state index contributed by atoms with van der Waals surface area (Å²) in [7, 11) is 0. The molecule has 1 aliphatic heterocycles. The van der Waals surface area contributed by atoms with Crippen LogP contribution in [0.3, 0.4) is 0 Å². The molecule has 1 unspecified atom stereocenters. The van der Waals surface area contributed by atoms with Crippen LogP contribution in [0.5, 0.6) is 0 Å². The summed E-state index contributed by atoms with van der Waals surface area (Å²) in [4.78, 5) is 11.5. The van der Waals surface area contributed by atoms with E-state index >= 15 is 0 Å². The minimum absolute atomic E-state index is 0.0229. The van der Waals surface area contributed by atoms with Crippen molar-refractivity contribution in [3.8, 4) is 0 Å². The topological polar surface area (TPSA) is 41.1 Å². The van der Waals surface area contributed by atoms with E-state index in [4.69, 9.17) is 0 Å². The maximum atomic E-state index is 11.5. The van der Waals surface area contributed by atoms with Gasteiger partial charge in [-0.25, -0.2) is 4.79 Å². The zero-order chi connectivity index (χ0) is 11.5. The summed E-state index contributed by atoms with van der Waals surface area (Å²) < 4.78 is 0. The first-order chi connectivity index (χ1) is 7.72. The minimum Gasteiger partial charge on any atom is -0.331 e. The van der Waals surface area contributed by atoms with E-state index < -0.39 is 0 Å². The van der Waals surface area contributed by atoms with E-state index in [0.29, 0.717) is 12.0 Å². The largest absolute Gasteiger partial charge is 0.331 e. The van der Waals surface area contributed by atoms with Gasteiger partial charge >= 0.3 is 6.03 Å². The molecule has 3 nitrogen and oxygen atoms in total. The molecule has 0 spiro atoms. The SMILES string of the molecule is CCC1=C(C)NC(=O)NC1C1CCCCC1. The molecule has 2 amide bonds. The molecule has 1 aliphatic carbocycles. The smallest absolute Gasteiger partial charge is 0.319 e. The number of amides is 2. The van der Waals surface area contributed by atoms with E-state index in [1.165, 1.54) is 37.7 Å². The Hall–Kier alpha value is -0.990. The van der Waals surface area contributed by atoms with Crippen molar-refractivity contribution in [3.63, 3.8) is 0 Å². The van der Waals surface area contributed by atoms with Gasteiger partial charge in [0.15, 0.2) is 0 Å². The number of hydrogen-bond donors (Lipinski definition) is 2. The molecule has 0 aromatic rings. The third-order valence-electron chi connectivity index (χ3n) is 3.95. The van der Waals surface area contributed by atoms with Gasteiger partial charge < -0.3 is 10.6 Å². The number of nitrogens with one attached hydrogen (secondary N) is 2. The fourth-order valence-electron chi connectivity index (χ4n) is 3.10. The van der Waals surface area contributed by atoms with Crippen molar-refractivity contribution in [2.75, 3.05) is 0 Å². The summed E-state index contributed by atoms with van der Waals surface area (Å²) in [6.45, 7) is 4.20. The fourth-order valence-corrected chi connectivity index (χ4v) is 3.10. The fraction of sp³-hybridized carbons (Fsp3) is 0.769. The predicted octanol–water partition coefficient (Wildman–Crippen LogP) is 2.93. The molecule has 90 valence electrons. The van der Waals surface area contributed by atoms with Crippen LogP contribution in [0.4, 0.5) is 4.79 Å². The molecule has 1 heterocycles. The van der Waals surface area contributed by atoms with Crippen molar-refractivity contribution in [2.24, 2.45) is 5.92 Å². The Morgan fingerprint density at radius 1 is 1.25 bits per heavy atom. The van der Waals surface area contributed by atoms with Gasteiger partial charge in [-0.3, -0.25) is 0 Å². The van der Waals surface area contributed by atoms with Gasteiger partial charge in [0.2, 0.25) is 0 Å². The van der Waals surface area contributed by atoms with Crippen LogP contribution in [-0.2, 0) is 0 Å². The zero-order valence-corrected chi connectivity index (χ0v) is 10.3. The van der Waals surface area contributed by atoms with E-state index in [1.807, 2.05) is 6.92 Å². The molecule has 16 heavy (non-hydrogen) atoms. The van der Waals surface area contributed by atoms with Crippen LogP contribution in [-0.4, -0.2) is 12.1 Å². The van der Waals surface area contributed by atoms with Crippen LogP contribution in [0.25, 0.3) is 0 Å². The molecular weight excluding hydrogens is 200 g/mol. The van der Waals surface area contributed by atoms with Crippen molar-refractivity contribution >= 4 is 6.03 Å². The Morgan fingerprint density at radius 2 is 1.94 bits per heavy atom. The lowest BCUT2D eigenvalue weighted by Gasteiger charge is -2.36. The lowest BCUT2D eigenvalue weighted by Crippen LogP contribution is -2.51. The molecule has 0 aromatic carbocycles. The molecule has 2 N–H and O–H groups in total. The summed E-state index contributed by atoms with van der Waals surface area (Å²) in [6, 6.07) is 0.268. The van der Waals surface area contributed by atoms with Gasteiger partial charge in [-0.05, 0) is 37.7 Å². The number of urea groups is 1. The van der Waals surface area contributed by atoms with Crippen LogP contribution >= 0.6 is 0 Å². The Morgan fingerprint density at radius 3 is 2.56 bits per heavy atom. The summed E-state index contributed by atoms with van der Waals surface area (Å²) in [6.07, 6.45) is 7.56. The van der Waals surface area contributed by atoms with E-state index in [9.17, 15) is 4.79 Å². The number of allylic oxidation sites excluding steroid dienone is 1. The molecule has 0 radical (unpaired) electrons. The molecule has 0 bridgehead atoms. The summed E-state index contributed by atoms with van der Waals surface area (Å²) in [5.41, 5.74) is 2.47. The van der Waals surface area contributed by atoms with Crippen LogP contribution < -0.4 is 10.6 Å². The summed E-state index contributed by atoms with van der Waals surface area (Å²) in [5, 5.41) is 5.99. The van der Waals surface area contributed by atoms with Crippen LogP contribution in [0, 0.1) is 5.92 Å². The van der Waals surface area contributed by atoms with E-state index in [-0.39, 0.29) is 6.03 Å². The standard InChI is InChI=1S/C13H22N2O/c1-3-11-9(2)14-13(16)15-12(11)10-7-5-4-6-8-10/h10,12H,3-8H2,1-2H3,(H2,14,15,16). The molecule has 1 fully saturated rings. The number of carbonyl (C=O) groups is 1. The van der Waals surface area contributed by atoms with Gasteiger partial charge in [-0.15, -0.1) is 0 Å². The molecule has 0 aromatic heterocycles. The van der Waals surface area contributed by atoms with Gasteiger partial charge in [0.1, 0.15) is 0 Å². The average Bonchev–Trinajstić information content (AvgIpc) is 2.29. The number of hydrogen-bond acceptors (Lipinski definition) is 1. The molecule has 2 rings (SSSR count). The lowest BCUT2D eigenvalue weighted by molar-refractivity contribution is 0.224. The lowest BCUT2D eigenvalue weighted by atomic mass is 9.79. The van der Waals surface area contributed by atoms with Gasteiger partial charge in [0, 0.05) is 5.70 Å². The predicted molar refractivity (Wildman–Crippen MR) is 65.0 cm³/mol. The second-order valence-electron chi connectivity index (χ2n) is 4.98. The second-order valence-corrected chi connectivity index (χ2v) is 4.98. The first kappa shape index (κ1) is 11.5. The highest BCUT2D eigenvalue weighted by Gasteiger charge is 2.31. The molecule has 3 heteroatoms. The van der Waals surface area contributed by atoms with Crippen molar-refractivity contribution in [3.05, 3.63) is 11.3 Å².